The van der Waals surface area contributed by atoms with Crippen molar-refractivity contribution in [1.82, 2.24) is 15.0 Å². The average molecular weight is 720 g/mol. The fourth-order valence-electron chi connectivity index (χ4n) is 7.40. The van der Waals surface area contributed by atoms with E-state index in [1.165, 1.54) is 37.0 Å². The van der Waals surface area contributed by atoms with Gasteiger partial charge in [0.1, 0.15) is 0 Å². The van der Waals surface area contributed by atoms with E-state index in [0.717, 1.165) is 56.0 Å². The van der Waals surface area contributed by atoms with Gasteiger partial charge in [-0.25, -0.2) is 15.0 Å². The van der Waals surface area contributed by atoms with Crippen LogP contribution in [0.15, 0.2) is 200 Å². The van der Waals surface area contributed by atoms with Gasteiger partial charge in [-0.2, -0.15) is 0 Å². The zero-order valence-corrected chi connectivity index (χ0v) is 30.6. The number of para-hydroxylation sites is 1. The van der Waals surface area contributed by atoms with E-state index in [2.05, 4.69) is 164 Å². The molecule has 0 bridgehead atoms. The summed E-state index contributed by atoms with van der Waals surface area (Å²) in [6.07, 6.45) is 0. The van der Waals surface area contributed by atoms with E-state index >= 15 is 0 Å². The summed E-state index contributed by atoms with van der Waals surface area (Å²) in [6, 6.07) is 70.1. The molecule has 10 rings (SSSR count). The normalized spacial score (nSPS) is 11.3. The lowest BCUT2D eigenvalue weighted by Gasteiger charge is -2.11. The Morgan fingerprint density at radius 1 is 0.345 bits per heavy atom. The number of hydrogen-bond acceptors (Lipinski definition) is 4. The van der Waals surface area contributed by atoms with Crippen LogP contribution in [-0.2, 0) is 0 Å². The first-order valence-electron chi connectivity index (χ1n) is 18.4. The third-order valence-corrected chi connectivity index (χ3v) is 11.4. The van der Waals surface area contributed by atoms with Crippen LogP contribution in [0.5, 0.6) is 0 Å². The van der Waals surface area contributed by atoms with Gasteiger partial charge in [0.15, 0.2) is 5.82 Å². The van der Waals surface area contributed by atoms with Crippen molar-refractivity contribution in [2.45, 2.75) is 0 Å². The first kappa shape index (κ1) is 32.6. The molecule has 3 nitrogen and oxygen atoms in total. The summed E-state index contributed by atoms with van der Waals surface area (Å²) in [5, 5.41) is 2.43. The molecule has 0 spiro atoms. The van der Waals surface area contributed by atoms with Crippen LogP contribution in [0.3, 0.4) is 0 Å². The second kappa shape index (κ2) is 14.1. The van der Waals surface area contributed by atoms with Crippen LogP contribution in [-0.4, -0.2) is 15.0 Å². The van der Waals surface area contributed by atoms with Crippen molar-refractivity contribution in [3.05, 3.63) is 200 Å². The summed E-state index contributed by atoms with van der Waals surface area (Å²) in [7, 11) is 0. The van der Waals surface area contributed by atoms with Gasteiger partial charge in [0.25, 0.3) is 0 Å². The van der Waals surface area contributed by atoms with Crippen molar-refractivity contribution in [2.75, 3.05) is 0 Å². The van der Waals surface area contributed by atoms with Crippen LogP contribution < -0.4 is 0 Å². The van der Waals surface area contributed by atoms with E-state index < -0.39 is 0 Å². The Hall–Kier alpha value is -7.01. The van der Waals surface area contributed by atoms with Crippen LogP contribution in [0.25, 0.3) is 98.8 Å². The zero-order valence-electron chi connectivity index (χ0n) is 29.8. The zero-order chi connectivity index (χ0) is 36.6. The molecule has 0 radical (unpaired) electrons. The summed E-state index contributed by atoms with van der Waals surface area (Å²) in [5.41, 5.74) is 14.0. The lowest BCUT2D eigenvalue weighted by molar-refractivity contribution is 1.18. The van der Waals surface area contributed by atoms with Crippen molar-refractivity contribution in [2.24, 2.45) is 0 Å². The molecule has 0 unspecified atom stereocenters. The highest BCUT2D eigenvalue weighted by Gasteiger charge is 2.22. The maximum atomic E-state index is 5.32. The lowest BCUT2D eigenvalue weighted by atomic mass is 9.95. The second-order valence-corrected chi connectivity index (χ2v) is 14.6. The number of fused-ring (bicyclic) bond motifs is 3. The predicted octanol–water partition coefficient (Wildman–Crippen LogP) is 13.9. The Balaban J connectivity index is 1.04. The van der Waals surface area contributed by atoms with Gasteiger partial charge in [-0.3, -0.25) is 0 Å². The Labute approximate surface area is 323 Å². The van der Waals surface area contributed by atoms with Gasteiger partial charge in [0.2, 0.25) is 0 Å². The number of hydrogen-bond donors (Lipinski definition) is 0. The van der Waals surface area contributed by atoms with Crippen LogP contribution in [0.2, 0.25) is 0 Å². The van der Waals surface area contributed by atoms with E-state index in [4.69, 9.17) is 15.0 Å². The maximum Gasteiger partial charge on any atom is 0.160 e. The molecule has 7 aromatic carbocycles. The smallest absolute Gasteiger partial charge is 0.160 e. The molecule has 10 aromatic rings. The predicted molar refractivity (Wildman–Crippen MR) is 231 cm³/mol. The summed E-state index contributed by atoms with van der Waals surface area (Å²) < 4.78 is 1.20. The molecule has 0 amide bonds. The highest BCUT2D eigenvalue weighted by atomic mass is 32.1. The number of pyridine rings is 1. The molecule has 0 N–H and O–H groups in total. The fourth-order valence-corrected chi connectivity index (χ4v) is 8.75. The Kier molecular flexibility index (Phi) is 8.36. The van der Waals surface area contributed by atoms with Crippen LogP contribution in [0.1, 0.15) is 0 Å². The highest BCUT2D eigenvalue weighted by molar-refractivity contribution is 7.23. The Morgan fingerprint density at radius 2 is 0.800 bits per heavy atom. The summed E-state index contributed by atoms with van der Waals surface area (Å²) in [6.45, 7) is 0. The van der Waals surface area contributed by atoms with Crippen molar-refractivity contribution >= 4 is 32.3 Å². The lowest BCUT2D eigenvalue weighted by Crippen LogP contribution is -1.95. The molecule has 3 aromatic heterocycles. The highest BCUT2D eigenvalue weighted by Crippen LogP contribution is 2.49. The molecular formula is C51H33N3S. The minimum atomic E-state index is 0.713. The summed E-state index contributed by atoms with van der Waals surface area (Å²) in [5.74, 6) is 0.713. The second-order valence-electron chi connectivity index (χ2n) is 13.6. The van der Waals surface area contributed by atoms with Crippen molar-refractivity contribution in [3.8, 4) is 77.9 Å². The van der Waals surface area contributed by atoms with Crippen LogP contribution in [0.4, 0.5) is 0 Å². The molecule has 0 aliphatic heterocycles. The minimum Gasteiger partial charge on any atom is -0.246 e. The molecule has 55 heavy (non-hydrogen) atoms. The Morgan fingerprint density at radius 3 is 1.40 bits per heavy atom. The van der Waals surface area contributed by atoms with Gasteiger partial charge in [-0.15, -0.1) is 11.3 Å². The SMILES string of the molecule is c1ccc(-c2cc(-c3ccc(-c4ccc(-c5nc6ccccc6c6c(-c7ccccc7)c(-c7ccccc7)sc56)cc4)cc3)nc(-c3ccccc3)n2)cc1. The number of rotatable bonds is 7. The maximum absolute atomic E-state index is 5.32. The fraction of sp³-hybridized carbons (Fsp3) is 0. The molecule has 0 saturated heterocycles. The number of nitrogens with zero attached hydrogens (tertiary/aromatic N) is 3. The molecule has 0 fully saturated rings. The van der Waals surface area contributed by atoms with E-state index in [9.17, 15) is 0 Å². The molecular weight excluding hydrogens is 687 g/mol. The minimum absolute atomic E-state index is 0.713. The van der Waals surface area contributed by atoms with Gasteiger partial charge in [-0.1, -0.05) is 188 Å². The molecule has 0 atom stereocenters. The number of benzene rings is 7. The van der Waals surface area contributed by atoms with Gasteiger partial charge in [0, 0.05) is 43.5 Å². The van der Waals surface area contributed by atoms with Gasteiger partial charge in [0.05, 0.1) is 27.3 Å². The standard InChI is InChI=1S/C51H33N3S/c1-5-15-36(16-6-1)44-33-45(54-51(53-44)41-21-11-4-12-22-41)37-29-25-34(26-30-37)35-27-31-39(32-28-35)48-50-47(42-23-13-14-24-43(42)52-48)46(38-17-7-2-8-18-38)49(55-50)40-19-9-3-10-20-40/h1-33H. The largest absolute Gasteiger partial charge is 0.246 e. The van der Waals surface area contributed by atoms with E-state index in [0.29, 0.717) is 5.82 Å². The van der Waals surface area contributed by atoms with Crippen molar-refractivity contribution in [1.29, 1.82) is 0 Å². The monoisotopic (exact) mass is 719 g/mol. The van der Waals surface area contributed by atoms with Crippen LogP contribution >= 0.6 is 11.3 Å². The quantitative estimate of drug-likeness (QED) is 0.165. The number of aromatic nitrogens is 3. The molecule has 3 heterocycles. The van der Waals surface area contributed by atoms with E-state index in [1.807, 2.05) is 47.7 Å². The van der Waals surface area contributed by atoms with Gasteiger partial charge < -0.3 is 0 Å². The van der Waals surface area contributed by atoms with Gasteiger partial charge in [-0.05, 0) is 34.4 Å². The topological polar surface area (TPSA) is 38.7 Å². The first-order chi connectivity index (χ1) is 27.3. The molecule has 4 heteroatoms. The first-order valence-corrected chi connectivity index (χ1v) is 19.3. The third-order valence-electron chi connectivity index (χ3n) is 10.1. The average Bonchev–Trinajstić information content (AvgIpc) is 3.69. The molecule has 258 valence electrons. The number of thiophene rings is 1. The summed E-state index contributed by atoms with van der Waals surface area (Å²) in [4.78, 5) is 16.6. The van der Waals surface area contributed by atoms with E-state index in [1.54, 1.807) is 0 Å². The van der Waals surface area contributed by atoms with Crippen molar-refractivity contribution in [3.63, 3.8) is 0 Å². The van der Waals surface area contributed by atoms with E-state index in [-0.39, 0.29) is 0 Å². The molecule has 0 aliphatic rings. The molecule has 0 saturated carbocycles. The third kappa shape index (κ3) is 6.19. The van der Waals surface area contributed by atoms with Crippen molar-refractivity contribution < 1.29 is 0 Å². The summed E-state index contributed by atoms with van der Waals surface area (Å²) >= 11 is 1.83. The van der Waals surface area contributed by atoms with Gasteiger partial charge >= 0.3 is 0 Å². The Bertz CT molecular complexity index is 2870. The molecule has 0 aliphatic carbocycles. The van der Waals surface area contributed by atoms with Crippen LogP contribution in [0, 0.1) is 0 Å².